The highest BCUT2D eigenvalue weighted by Crippen LogP contribution is 2.22. The Labute approximate surface area is 156 Å². The first-order chi connectivity index (χ1) is 11.5. The molecule has 0 saturated heterocycles. The molecule has 2 aromatic carbocycles. The summed E-state index contributed by atoms with van der Waals surface area (Å²) in [6.07, 6.45) is 0. The van der Waals surface area contributed by atoms with Crippen molar-refractivity contribution in [2.24, 2.45) is 0 Å². The van der Waals surface area contributed by atoms with Gasteiger partial charge in [-0.1, -0.05) is 56.4 Å². The zero-order valence-corrected chi connectivity index (χ0v) is 15.2. The molecule has 0 saturated carbocycles. The summed E-state index contributed by atoms with van der Waals surface area (Å²) in [5.74, 6) is 0.357. The van der Waals surface area contributed by atoms with Crippen LogP contribution in [-0.2, 0) is 6.54 Å². The van der Waals surface area contributed by atoms with Crippen LogP contribution in [-0.4, -0.2) is 16.0 Å². The van der Waals surface area contributed by atoms with E-state index in [1.807, 2.05) is 6.07 Å². The van der Waals surface area contributed by atoms with Crippen LogP contribution in [0.15, 0.2) is 51.5 Å². The summed E-state index contributed by atoms with van der Waals surface area (Å²) in [6, 6.07) is 12.1. The molecule has 1 N–H and O–H groups in total. The zero-order valence-electron chi connectivity index (χ0n) is 12.1. The van der Waals surface area contributed by atoms with Crippen molar-refractivity contribution in [2.75, 3.05) is 0 Å². The van der Waals surface area contributed by atoms with Crippen LogP contribution in [0.1, 0.15) is 16.2 Å². The highest BCUT2D eigenvalue weighted by molar-refractivity contribution is 9.10. The highest BCUT2D eigenvalue weighted by Gasteiger charge is 2.13. The van der Waals surface area contributed by atoms with E-state index in [-0.39, 0.29) is 18.3 Å². The van der Waals surface area contributed by atoms with Crippen molar-refractivity contribution in [1.82, 2.24) is 15.5 Å². The van der Waals surface area contributed by atoms with Crippen molar-refractivity contribution in [3.05, 3.63) is 68.4 Å². The van der Waals surface area contributed by atoms with E-state index >= 15 is 0 Å². The summed E-state index contributed by atoms with van der Waals surface area (Å²) < 4.78 is 5.90. The summed E-state index contributed by atoms with van der Waals surface area (Å²) >= 11 is 15.3. The minimum atomic E-state index is -0.330. The van der Waals surface area contributed by atoms with Gasteiger partial charge in [0, 0.05) is 15.1 Å². The lowest BCUT2D eigenvalue weighted by Gasteiger charge is -2.05. The van der Waals surface area contributed by atoms with Crippen LogP contribution in [0.5, 0.6) is 0 Å². The molecule has 0 aliphatic carbocycles. The molecule has 0 radical (unpaired) electrons. The van der Waals surface area contributed by atoms with Gasteiger partial charge in [0.05, 0.1) is 17.1 Å². The number of carbonyl (C=O) groups is 1. The largest absolute Gasteiger partial charge is 0.343 e. The Hall–Kier alpha value is -1.89. The Balaban J connectivity index is 1.69. The number of aromatic nitrogens is 2. The normalized spacial score (nSPS) is 10.6. The summed E-state index contributed by atoms with van der Waals surface area (Å²) in [5.41, 5.74) is 1.10. The first-order valence-electron chi connectivity index (χ1n) is 6.85. The average molecular weight is 427 g/mol. The van der Waals surface area contributed by atoms with E-state index < -0.39 is 0 Å². The summed E-state index contributed by atoms with van der Waals surface area (Å²) in [6.45, 7) is 0.0925. The van der Waals surface area contributed by atoms with Gasteiger partial charge in [-0.3, -0.25) is 4.79 Å². The standard InChI is InChI=1S/C16H10BrCl2N3O2/c17-10-4-5-13(19)12(7-10)16(23)20-8-14-21-15(22-24-14)9-2-1-3-11(18)6-9/h1-7H,8H2,(H,20,23). The fourth-order valence-electron chi connectivity index (χ4n) is 1.99. The molecule has 1 heterocycles. The van der Waals surface area contributed by atoms with Gasteiger partial charge in [0.2, 0.25) is 11.7 Å². The Morgan fingerprint density at radius 2 is 2.04 bits per heavy atom. The number of amides is 1. The number of nitrogens with zero attached hydrogens (tertiary/aromatic N) is 2. The molecule has 0 aliphatic heterocycles. The van der Waals surface area contributed by atoms with Crippen molar-refractivity contribution in [3.63, 3.8) is 0 Å². The van der Waals surface area contributed by atoms with E-state index in [2.05, 4.69) is 31.4 Å². The number of halogens is 3. The van der Waals surface area contributed by atoms with Crippen molar-refractivity contribution >= 4 is 45.0 Å². The first-order valence-corrected chi connectivity index (χ1v) is 8.39. The SMILES string of the molecule is O=C(NCc1nc(-c2cccc(Cl)c2)no1)c1cc(Br)ccc1Cl. The molecule has 0 fully saturated rings. The molecule has 0 atom stereocenters. The van der Waals surface area contributed by atoms with Crippen LogP contribution in [0.25, 0.3) is 11.4 Å². The molecule has 122 valence electrons. The smallest absolute Gasteiger partial charge is 0.253 e. The molecular weight excluding hydrogens is 417 g/mol. The van der Waals surface area contributed by atoms with Gasteiger partial charge in [0.25, 0.3) is 5.91 Å². The molecule has 0 unspecified atom stereocenters. The lowest BCUT2D eigenvalue weighted by Crippen LogP contribution is -2.23. The topological polar surface area (TPSA) is 68.0 Å². The molecule has 24 heavy (non-hydrogen) atoms. The Kier molecular flexibility index (Phi) is 5.18. The van der Waals surface area contributed by atoms with Crippen LogP contribution < -0.4 is 5.32 Å². The van der Waals surface area contributed by atoms with Crippen LogP contribution in [0, 0.1) is 0 Å². The average Bonchev–Trinajstić information content (AvgIpc) is 3.04. The Bertz CT molecular complexity index is 899. The van der Waals surface area contributed by atoms with Gasteiger partial charge in [-0.2, -0.15) is 4.98 Å². The molecule has 0 bridgehead atoms. The third-order valence-electron chi connectivity index (χ3n) is 3.12. The van der Waals surface area contributed by atoms with Gasteiger partial charge in [0.15, 0.2) is 0 Å². The van der Waals surface area contributed by atoms with Crippen molar-refractivity contribution < 1.29 is 9.32 Å². The molecule has 8 heteroatoms. The second kappa shape index (κ2) is 7.34. The molecular formula is C16H10BrCl2N3O2. The molecule has 0 spiro atoms. The molecule has 5 nitrogen and oxygen atoms in total. The maximum Gasteiger partial charge on any atom is 0.253 e. The molecule has 1 amide bonds. The van der Waals surface area contributed by atoms with Crippen LogP contribution >= 0.6 is 39.1 Å². The monoisotopic (exact) mass is 425 g/mol. The number of benzene rings is 2. The fraction of sp³-hybridized carbons (Fsp3) is 0.0625. The zero-order chi connectivity index (χ0) is 17.1. The van der Waals surface area contributed by atoms with E-state index in [1.165, 1.54) is 0 Å². The number of hydrogen-bond acceptors (Lipinski definition) is 4. The minimum absolute atomic E-state index is 0.0925. The predicted octanol–water partition coefficient (Wildman–Crippen LogP) is 4.74. The van der Waals surface area contributed by atoms with Crippen LogP contribution in [0.3, 0.4) is 0 Å². The van der Waals surface area contributed by atoms with Crippen molar-refractivity contribution in [3.8, 4) is 11.4 Å². The molecule has 3 aromatic rings. The molecule has 0 aliphatic rings. The van der Waals surface area contributed by atoms with E-state index in [0.29, 0.717) is 21.4 Å². The number of hydrogen-bond donors (Lipinski definition) is 1. The minimum Gasteiger partial charge on any atom is -0.343 e. The van der Waals surface area contributed by atoms with Gasteiger partial charge in [0.1, 0.15) is 0 Å². The van der Waals surface area contributed by atoms with Gasteiger partial charge in [-0.25, -0.2) is 0 Å². The van der Waals surface area contributed by atoms with E-state index in [0.717, 1.165) is 10.0 Å². The van der Waals surface area contributed by atoms with Crippen molar-refractivity contribution in [1.29, 1.82) is 0 Å². The quantitative estimate of drug-likeness (QED) is 0.654. The second-order valence-electron chi connectivity index (χ2n) is 4.83. The van der Waals surface area contributed by atoms with Crippen molar-refractivity contribution in [2.45, 2.75) is 6.54 Å². The second-order valence-corrected chi connectivity index (χ2v) is 6.59. The lowest BCUT2D eigenvalue weighted by atomic mass is 10.2. The molecule has 1 aromatic heterocycles. The van der Waals surface area contributed by atoms with Gasteiger partial charge in [-0.05, 0) is 30.3 Å². The maximum absolute atomic E-state index is 12.2. The third-order valence-corrected chi connectivity index (χ3v) is 4.18. The highest BCUT2D eigenvalue weighted by atomic mass is 79.9. The third kappa shape index (κ3) is 3.95. The number of rotatable bonds is 4. The Morgan fingerprint density at radius 3 is 2.83 bits per heavy atom. The van der Waals surface area contributed by atoms with Crippen LogP contribution in [0.2, 0.25) is 10.0 Å². The summed E-state index contributed by atoms with van der Waals surface area (Å²) in [4.78, 5) is 16.4. The Morgan fingerprint density at radius 1 is 1.21 bits per heavy atom. The summed E-state index contributed by atoms with van der Waals surface area (Å²) in [7, 11) is 0. The van der Waals surface area contributed by atoms with Gasteiger partial charge >= 0.3 is 0 Å². The molecule has 3 rings (SSSR count). The number of nitrogens with one attached hydrogen (secondary N) is 1. The van der Waals surface area contributed by atoms with E-state index in [1.54, 1.807) is 36.4 Å². The predicted molar refractivity (Wildman–Crippen MR) is 95.1 cm³/mol. The van der Waals surface area contributed by atoms with Crippen LogP contribution in [0.4, 0.5) is 0 Å². The van der Waals surface area contributed by atoms with Gasteiger partial charge < -0.3 is 9.84 Å². The first kappa shape index (κ1) is 17.0. The van der Waals surface area contributed by atoms with E-state index in [4.69, 9.17) is 27.7 Å². The summed E-state index contributed by atoms with van der Waals surface area (Å²) in [5, 5.41) is 7.52. The lowest BCUT2D eigenvalue weighted by molar-refractivity contribution is 0.0946. The van der Waals surface area contributed by atoms with E-state index in [9.17, 15) is 4.79 Å². The fourth-order valence-corrected chi connectivity index (χ4v) is 2.75. The van der Waals surface area contributed by atoms with Gasteiger partial charge in [-0.15, -0.1) is 0 Å². The number of carbonyl (C=O) groups excluding carboxylic acids is 1. The maximum atomic E-state index is 12.2.